The van der Waals surface area contributed by atoms with Crippen LogP contribution >= 0.6 is 0 Å². The summed E-state index contributed by atoms with van der Waals surface area (Å²) >= 11 is 0. The zero-order valence-corrected chi connectivity index (χ0v) is 13.1. The van der Waals surface area contributed by atoms with Crippen LogP contribution in [0.3, 0.4) is 0 Å². The Morgan fingerprint density at radius 1 is 1.22 bits per heavy atom. The van der Waals surface area contributed by atoms with Crippen LogP contribution < -0.4 is 10.1 Å². The number of methoxy groups -OCH3 is 1. The van der Waals surface area contributed by atoms with Gasteiger partial charge in [0, 0.05) is 5.56 Å². The van der Waals surface area contributed by atoms with Crippen LogP contribution in [0.25, 0.3) is 0 Å². The molecule has 2 rings (SSSR count). The number of nitrogens with one attached hydrogen (secondary N) is 1. The van der Waals surface area contributed by atoms with Crippen LogP contribution in [0.1, 0.15) is 15.9 Å². The number of rotatable bonds is 7. The predicted octanol–water partition coefficient (Wildman–Crippen LogP) is 2.58. The standard InChI is InChI=1S/C19H21NO3/c1-3-18(21)17(13-14-9-11-16(23-2)12-10-14)20-19(22)15-7-5-4-6-8-15/h3-12,17-18,21H,1,13H2,2H3,(H,20,22)/t17-,18?/m1/s1. The van der Waals surface area contributed by atoms with Gasteiger partial charge < -0.3 is 15.2 Å². The summed E-state index contributed by atoms with van der Waals surface area (Å²) < 4.78 is 5.13. The molecule has 0 heterocycles. The predicted molar refractivity (Wildman–Crippen MR) is 90.6 cm³/mol. The minimum atomic E-state index is -0.829. The Hall–Kier alpha value is -2.59. The zero-order valence-electron chi connectivity index (χ0n) is 13.1. The van der Waals surface area contributed by atoms with E-state index >= 15 is 0 Å². The molecule has 2 aromatic carbocycles. The molecular formula is C19H21NO3. The maximum Gasteiger partial charge on any atom is 0.251 e. The number of benzene rings is 2. The van der Waals surface area contributed by atoms with Gasteiger partial charge in [-0.1, -0.05) is 36.4 Å². The molecule has 0 saturated heterocycles. The Bertz CT molecular complexity index is 637. The maximum absolute atomic E-state index is 12.3. The molecule has 2 N–H and O–H groups in total. The first-order valence-corrected chi connectivity index (χ1v) is 7.43. The van der Waals surface area contributed by atoms with E-state index in [2.05, 4.69) is 11.9 Å². The highest BCUT2D eigenvalue weighted by molar-refractivity contribution is 5.94. The number of ether oxygens (including phenoxy) is 1. The summed E-state index contributed by atoms with van der Waals surface area (Å²) in [5, 5.41) is 13.0. The van der Waals surface area contributed by atoms with E-state index in [1.807, 2.05) is 30.3 Å². The first-order valence-electron chi connectivity index (χ1n) is 7.43. The van der Waals surface area contributed by atoms with E-state index in [1.165, 1.54) is 6.08 Å². The molecule has 23 heavy (non-hydrogen) atoms. The highest BCUT2D eigenvalue weighted by Crippen LogP contribution is 2.14. The molecule has 120 valence electrons. The molecule has 4 heteroatoms. The van der Waals surface area contributed by atoms with Gasteiger partial charge in [0.05, 0.1) is 19.3 Å². The Morgan fingerprint density at radius 3 is 2.43 bits per heavy atom. The number of hydrogen-bond acceptors (Lipinski definition) is 3. The van der Waals surface area contributed by atoms with Gasteiger partial charge in [0.2, 0.25) is 0 Å². The first-order chi connectivity index (χ1) is 11.1. The normalized spacial score (nSPS) is 13.0. The summed E-state index contributed by atoms with van der Waals surface area (Å²) in [5.74, 6) is 0.549. The van der Waals surface area contributed by atoms with Crippen molar-refractivity contribution in [2.24, 2.45) is 0 Å². The Morgan fingerprint density at radius 2 is 1.87 bits per heavy atom. The van der Waals surface area contributed by atoms with Crippen LogP contribution in [0.4, 0.5) is 0 Å². The second kappa shape index (κ2) is 8.15. The van der Waals surface area contributed by atoms with Crippen molar-refractivity contribution in [3.63, 3.8) is 0 Å². The Balaban J connectivity index is 2.10. The third-order valence-electron chi connectivity index (χ3n) is 3.62. The van der Waals surface area contributed by atoms with Crippen molar-refractivity contribution in [1.29, 1.82) is 0 Å². The van der Waals surface area contributed by atoms with Crippen molar-refractivity contribution in [2.75, 3.05) is 7.11 Å². The number of carbonyl (C=O) groups is 1. The number of carbonyl (C=O) groups excluding carboxylic acids is 1. The Kier molecular flexibility index (Phi) is 5.94. The van der Waals surface area contributed by atoms with E-state index in [9.17, 15) is 9.90 Å². The van der Waals surface area contributed by atoms with Crippen molar-refractivity contribution < 1.29 is 14.6 Å². The van der Waals surface area contributed by atoms with Crippen molar-refractivity contribution in [2.45, 2.75) is 18.6 Å². The van der Waals surface area contributed by atoms with Crippen LogP contribution in [0.2, 0.25) is 0 Å². The molecule has 0 aliphatic heterocycles. The average Bonchev–Trinajstić information content (AvgIpc) is 2.61. The maximum atomic E-state index is 12.3. The van der Waals surface area contributed by atoms with Gasteiger partial charge in [0.15, 0.2) is 0 Å². The molecule has 0 bridgehead atoms. The lowest BCUT2D eigenvalue weighted by Crippen LogP contribution is -2.44. The summed E-state index contributed by atoms with van der Waals surface area (Å²) in [6.07, 6.45) is 1.10. The van der Waals surface area contributed by atoms with E-state index in [0.717, 1.165) is 11.3 Å². The lowest BCUT2D eigenvalue weighted by Gasteiger charge is -2.22. The summed E-state index contributed by atoms with van der Waals surface area (Å²) in [4.78, 5) is 12.3. The second-order valence-corrected chi connectivity index (χ2v) is 5.22. The monoisotopic (exact) mass is 311 g/mol. The van der Waals surface area contributed by atoms with Gasteiger partial charge in [0.25, 0.3) is 5.91 Å². The molecule has 0 aliphatic carbocycles. The van der Waals surface area contributed by atoms with Crippen molar-refractivity contribution >= 4 is 5.91 Å². The second-order valence-electron chi connectivity index (χ2n) is 5.22. The van der Waals surface area contributed by atoms with Crippen molar-refractivity contribution in [1.82, 2.24) is 5.32 Å². The lowest BCUT2D eigenvalue weighted by atomic mass is 10.0. The smallest absolute Gasteiger partial charge is 0.251 e. The summed E-state index contributed by atoms with van der Waals surface area (Å²) in [6.45, 7) is 3.61. The summed E-state index contributed by atoms with van der Waals surface area (Å²) in [7, 11) is 1.61. The molecule has 1 unspecified atom stereocenters. The number of hydrogen-bond donors (Lipinski definition) is 2. The van der Waals surface area contributed by atoms with Gasteiger partial charge in [-0.15, -0.1) is 6.58 Å². The van der Waals surface area contributed by atoms with Crippen molar-refractivity contribution in [3.8, 4) is 5.75 Å². The summed E-state index contributed by atoms with van der Waals surface area (Å²) in [5.41, 5.74) is 1.55. The van der Waals surface area contributed by atoms with Crippen molar-refractivity contribution in [3.05, 3.63) is 78.4 Å². The van der Waals surface area contributed by atoms with Gasteiger partial charge in [-0.05, 0) is 36.2 Å². The molecule has 1 amide bonds. The van der Waals surface area contributed by atoms with Gasteiger partial charge >= 0.3 is 0 Å². The van der Waals surface area contributed by atoms with Crippen LogP contribution in [0, 0.1) is 0 Å². The first kappa shape index (κ1) is 16.8. The van der Waals surface area contributed by atoms with E-state index in [4.69, 9.17) is 4.74 Å². The quantitative estimate of drug-likeness (QED) is 0.773. The molecule has 2 aromatic rings. The third-order valence-corrected chi connectivity index (χ3v) is 3.62. The SMILES string of the molecule is C=CC(O)[C@@H](Cc1ccc(OC)cc1)NC(=O)c1ccccc1. The van der Waals surface area contributed by atoms with Crippen LogP contribution in [0.15, 0.2) is 67.3 Å². The fourth-order valence-corrected chi connectivity index (χ4v) is 2.28. The Labute approximate surface area is 136 Å². The third kappa shape index (κ3) is 4.69. The molecule has 0 fully saturated rings. The fourth-order valence-electron chi connectivity index (χ4n) is 2.28. The van der Waals surface area contributed by atoms with Gasteiger partial charge in [0.1, 0.15) is 5.75 Å². The zero-order chi connectivity index (χ0) is 16.7. The molecule has 2 atom stereocenters. The molecule has 0 saturated carbocycles. The molecule has 0 aliphatic rings. The van der Waals surface area contributed by atoms with E-state index in [1.54, 1.807) is 31.4 Å². The molecule has 0 aromatic heterocycles. The number of aliphatic hydroxyl groups excluding tert-OH is 1. The highest BCUT2D eigenvalue weighted by Gasteiger charge is 2.20. The molecule has 0 spiro atoms. The number of amides is 1. The van der Waals surface area contributed by atoms with Gasteiger partial charge in [-0.2, -0.15) is 0 Å². The minimum absolute atomic E-state index is 0.218. The topological polar surface area (TPSA) is 58.6 Å². The van der Waals surface area contributed by atoms with Gasteiger partial charge in [-0.3, -0.25) is 4.79 Å². The molecule has 0 radical (unpaired) electrons. The largest absolute Gasteiger partial charge is 0.497 e. The van der Waals surface area contributed by atoms with Crippen LogP contribution in [0.5, 0.6) is 5.75 Å². The molecule has 4 nitrogen and oxygen atoms in total. The van der Waals surface area contributed by atoms with E-state index < -0.39 is 12.1 Å². The summed E-state index contributed by atoms with van der Waals surface area (Å²) in [6, 6.07) is 16.0. The lowest BCUT2D eigenvalue weighted by molar-refractivity contribution is 0.0884. The minimum Gasteiger partial charge on any atom is -0.497 e. The highest BCUT2D eigenvalue weighted by atomic mass is 16.5. The van der Waals surface area contributed by atoms with Crippen LogP contribution in [-0.2, 0) is 6.42 Å². The van der Waals surface area contributed by atoms with E-state index in [0.29, 0.717) is 12.0 Å². The van der Waals surface area contributed by atoms with Crippen LogP contribution in [-0.4, -0.2) is 30.3 Å². The average molecular weight is 311 g/mol. The molecular weight excluding hydrogens is 290 g/mol. The van der Waals surface area contributed by atoms with Gasteiger partial charge in [-0.25, -0.2) is 0 Å². The number of aliphatic hydroxyl groups is 1. The van der Waals surface area contributed by atoms with E-state index in [-0.39, 0.29) is 5.91 Å². The fraction of sp³-hybridized carbons (Fsp3) is 0.211.